The van der Waals surface area contributed by atoms with Crippen LogP contribution in [0.2, 0.25) is 4.34 Å². The molecule has 0 amide bonds. The third kappa shape index (κ3) is 4.06. The lowest BCUT2D eigenvalue weighted by atomic mass is 10.1. The van der Waals surface area contributed by atoms with Crippen molar-refractivity contribution in [2.45, 2.75) is 24.9 Å². The zero-order valence-electron chi connectivity index (χ0n) is 11.2. The van der Waals surface area contributed by atoms with Gasteiger partial charge in [-0.25, -0.2) is 13.1 Å². The fraction of sp³-hybridized carbons (Fsp3) is 0.231. The molecule has 8 heteroatoms. The predicted octanol–water partition coefficient (Wildman–Crippen LogP) is 3.41. The molecular formula is C13H14BrClN2O2S2. The van der Waals surface area contributed by atoms with Crippen LogP contribution < -0.4 is 10.5 Å². The Morgan fingerprint density at radius 2 is 2.10 bits per heavy atom. The van der Waals surface area contributed by atoms with Crippen LogP contribution in [0.25, 0.3) is 0 Å². The largest absolute Gasteiger partial charge is 0.326 e. The first-order valence-electron chi connectivity index (χ1n) is 6.06. The first-order valence-corrected chi connectivity index (χ1v) is 9.53. The van der Waals surface area contributed by atoms with Gasteiger partial charge in [0.25, 0.3) is 0 Å². The van der Waals surface area contributed by atoms with Crippen LogP contribution in [0.1, 0.15) is 16.0 Å². The molecule has 0 atom stereocenters. The highest BCUT2D eigenvalue weighted by Gasteiger charge is 2.19. The summed E-state index contributed by atoms with van der Waals surface area (Å²) >= 11 is 10.5. The van der Waals surface area contributed by atoms with Crippen molar-refractivity contribution in [1.29, 1.82) is 0 Å². The second-order valence-electron chi connectivity index (χ2n) is 4.44. The smallest absolute Gasteiger partial charge is 0.241 e. The fourth-order valence-corrected chi connectivity index (χ4v) is 4.87. The number of halogens is 2. The molecule has 0 aliphatic heterocycles. The van der Waals surface area contributed by atoms with Crippen molar-refractivity contribution in [1.82, 2.24) is 4.72 Å². The van der Waals surface area contributed by atoms with Crippen LogP contribution in [0.4, 0.5) is 0 Å². The molecule has 1 aromatic carbocycles. The van der Waals surface area contributed by atoms with E-state index in [0.717, 1.165) is 14.9 Å². The highest BCUT2D eigenvalue weighted by atomic mass is 79.9. The topological polar surface area (TPSA) is 72.2 Å². The Balaban J connectivity index is 2.29. The van der Waals surface area contributed by atoms with Crippen LogP contribution >= 0.6 is 38.9 Å². The Morgan fingerprint density at radius 1 is 1.38 bits per heavy atom. The molecule has 21 heavy (non-hydrogen) atoms. The lowest BCUT2D eigenvalue weighted by Crippen LogP contribution is -2.24. The summed E-state index contributed by atoms with van der Waals surface area (Å²) in [5.74, 6) is 0. The summed E-state index contributed by atoms with van der Waals surface area (Å²) in [5, 5.41) is 0. The molecule has 0 saturated heterocycles. The van der Waals surface area contributed by atoms with Crippen molar-refractivity contribution < 1.29 is 8.42 Å². The third-order valence-electron chi connectivity index (χ3n) is 2.95. The van der Waals surface area contributed by atoms with E-state index >= 15 is 0 Å². The highest BCUT2D eigenvalue weighted by Crippen LogP contribution is 2.26. The number of nitrogens with two attached hydrogens (primary N) is 1. The minimum atomic E-state index is -3.61. The number of hydrogen-bond donors (Lipinski definition) is 2. The third-order valence-corrected chi connectivity index (χ3v) is 6.53. The van der Waals surface area contributed by atoms with E-state index in [2.05, 4.69) is 20.7 Å². The van der Waals surface area contributed by atoms with E-state index in [4.69, 9.17) is 17.3 Å². The lowest BCUT2D eigenvalue weighted by Gasteiger charge is -2.12. The fourth-order valence-electron chi connectivity index (χ4n) is 1.79. The average molecular weight is 410 g/mol. The SMILES string of the molecule is Cc1c(Br)cc(CN)cc1S(=O)(=O)NCc1ccc(Cl)s1. The minimum Gasteiger partial charge on any atom is -0.326 e. The molecule has 114 valence electrons. The van der Waals surface area contributed by atoms with Crippen molar-refractivity contribution in [3.63, 3.8) is 0 Å². The van der Waals surface area contributed by atoms with Crippen LogP contribution in [0.3, 0.4) is 0 Å². The molecule has 2 rings (SSSR count). The van der Waals surface area contributed by atoms with E-state index < -0.39 is 10.0 Å². The van der Waals surface area contributed by atoms with Crippen LogP contribution in [0, 0.1) is 6.92 Å². The Bertz CT molecular complexity index is 760. The van der Waals surface area contributed by atoms with E-state index in [9.17, 15) is 8.42 Å². The summed E-state index contributed by atoms with van der Waals surface area (Å²) < 4.78 is 28.9. The summed E-state index contributed by atoms with van der Waals surface area (Å²) in [6, 6.07) is 6.97. The lowest BCUT2D eigenvalue weighted by molar-refractivity contribution is 0.581. The zero-order chi connectivity index (χ0) is 15.6. The first-order chi connectivity index (χ1) is 9.83. The van der Waals surface area contributed by atoms with E-state index in [-0.39, 0.29) is 18.0 Å². The summed E-state index contributed by atoms with van der Waals surface area (Å²) in [5.41, 5.74) is 7.01. The number of benzene rings is 1. The molecule has 0 spiro atoms. The van der Waals surface area contributed by atoms with Gasteiger partial charge in [-0.1, -0.05) is 27.5 Å². The van der Waals surface area contributed by atoms with Gasteiger partial charge in [-0.15, -0.1) is 11.3 Å². The molecule has 0 fully saturated rings. The molecule has 1 heterocycles. The normalized spacial score (nSPS) is 11.8. The monoisotopic (exact) mass is 408 g/mol. The Morgan fingerprint density at radius 3 is 2.67 bits per heavy atom. The van der Waals surface area contributed by atoms with Crippen molar-refractivity contribution >= 4 is 48.9 Å². The highest BCUT2D eigenvalue weighted by molar-refractivity contribution is 9.10. The molecule has 2 aromatic rings. The zero-order valence-corrected chi connectivity index (χ0v) is 15.2. The number of thiophene rings is 1. The molecule has 3 N–H and O–H groups in total. The number of nitrogens with one attached hydrogen (secondary N) is 1. The Kier molecular flexibility index (Phi) is 5.45. The maximum Gasteiger partial charge on any atom is 0.241 e. The minimum absolute atomic E-state index is 0.212. The summed E-state index contributed by atoms with van der Waals surface area (Å²) in [6.45, 7) is 2.24. The molecule has 4 nitrogen and oxygen atoms in total. The van der Waals surface area contributed by atoms with Gasteiger partial charge < -0.3 is 5.73 Å². The van der Waals surface area contributed by atoms with Gasteiger partial charge in [0.1, 0.15) is 0 Å². The molecule has 0 aliphatic rings. The Hall–Kier alpha value is -0.440. The van der Waals surface area contributed by atoms with Crippen LogP contribution in [0.5, 0.6) is 0 Å². The average Bonchev–Trinajstić information content (AvgIpc) is 2.85. The summed E-state index contributed by atoms with van der Waals surface area (Å²) in [4.78, 5) is 1.09. The predicted molar refractivity (Wildman–Crippen MR) is 90.1 cm³/mol. The molecule has 0 aliphatic carbocycles. The van der Waals surface area contributed by atoms with Gasteiger partial charge >= 0.3 is 0 Å². The molecule has 0 radical (unpaired) electrons. The number of hydrogen-bond acceptors (Lipinski definition) is 4. The maximum absolute atomic E-state index is 12.5. The van der Waals surface area contributed by atoms with Gasteiger partial charge in [-0.3, -0.25) is 0 Å². The maximum atomic E-state index is 12.5. The Labute approximate surface area is 141 Å². The standard InChI is InChI=1S/C13H14BrClN2O2S2/c1-8-11(14)4-9(6-16)5-12(8)21(18,19)17-7-10-2-3-13(15)20-10/h2-5,17H,6-7,16H2,1H3. The van der Waals surface area contributed by atoms with Crippen molar-refractivity contribution in [3.05, 3.63) is 49.1 Å². The second-order valence-corrected chi connectivity index (χ2v) is 8.82. The summed E-state index contributed by atoms with van der Waals surface area (Å²) in [6.07, 6.45) is 0. The molecule has 0 saturated carbocycles. The van der Waals surface area contributed by atoms with Gasteiger partial charge in [0, 0.05) is 22.4 Å². The van der Waals surface area contributed by atoms with Gasteiger partial charge in [0.05, 0.1) is 9.23 Å². The van der Waals surface area contributed by atoms with Gasteiger partial charge in [0.15, 0.2) is 0 Å². The number of sulfonamides is 1. The van der Waals surface area contributed by atoms with Crippen molar-refractivity contribution in [2.75, 3.05) is 0 Å². The molecule has 1 aromatic heterocycles. The van der Waals surface area contributed by atoms with E-state index in [0.29, 0.717) is 9.90 Å². The van der Waals surface area contributed by atoms with Crippen LogP contribution in [0.15, 0.2) is 33.6 Å². The first kappa shape index (κ1) is 16.9. The van der Waals surface area contributed by atoms with Gasteiger partial charge in [-0.05, 0) is 42.3 Å². The van der Waals surface area contributed by atoms with E-state index in [1.165, 1.54) is 11.3 Å². The van der Waals surface area contributed by atoms with Crippen LogP contribution in [-0.4, -0.2) is 8.42 Å². The van der Waals surface area contributed by atoms with Gasteiger partial charge in [-0.2, -0.15) is 0 Å². The van der Waals surface area contributed by atoms with Crippen LogP contribution in [-0.2, 0) is 23.1 Å². The molecule has 0 unspecified atom stereocenters. The molecular weight excluding hydrogens is 396 g/mol. The van der Waals surface area contributed by atoms with E-state index in [1.54, 1.807) is 25.1 Å². The van der Waals surface area contributed by atoms with Gasteiger partial charge in [0.2, 0.25) is 10.0 Å². The number of rotatable bonds is 5. The second kappa shape index (κ2) is 6.76. The molecule has 0 bridgehead atoms. The quantitative estimate of drug-likeness (QED) is 0.795. The van der Waals surface area contributed by atoms with E-state index in [1.807, 2.05) is 6.07 Å². The van der Waals surface area contributed by atoms with Crippen molar-refractivity contribution in [3.8, 4) is 0 Å². The van der Waals surface area contributed by atoms with Crippen molar-refractivity contribution in [2.24, 2.45) is 5.73 Å². The summed E-state index contributed by atoms with van der Waals surface area (Å²) in [7, 11) is -3.61.